The Balaban J connectivity index is 2.03. The van der Waals surface area contributed by atoms with E-state index in [1.54, 1.807) is 25.1 Å². The van der Waals surface area contributed by atoms with Crippen LogP contribution in [0.25, 0.3) is 22.2 Å². The number of imidazole rings is 1. The molecular formula is C19H18Cl3N3O2S. The number of aromatic nitrogens is 2. The fraction of sp³-hybridized carbons (Fsp3) is 0.316. The van der Waals surface area contributed by atoms with Crippen molar-refractivity contribution in [1.82, 2.24) is 9.55 Å². The van der Waals surface area contributed by atoms with Crippen molar-refractivity contribution in [3.63, 3.8) is 0 Å². The largest absolute Gasteiger partial charge is 0.356 e. The number of sulfone groups is 1. The molecule has 0 bridgehead atoms. The summed E-state index contributed by atoms with van der Waals surface area (Å²) in [7, 11) is -3.26. The van der Waals surface area contributed by atoms with E-state index in [9.17, 15) is 8.42 Å². The SMILES string of the molecule is CCS(=O)(=O)Cc1cc(-c2ccc(Cl)cc2Cl)c(Cl)c2nc3n(c12)CCCN3. The zero-order valence-electron chi connectivity index (χ0n) is 15.1. The Labute approximate surface area is 178 Å². The molecule has 28 heavy (non-hydrogen) atoms. The Morgan fingerprint density at radius 2 is 1.96 bits per heavy atom. The number of aryl methyl sites for hydroxylation is 1. The van der Waals surface area contributed by atoms with E-state index in [1.807, 2.05) is 10.6 Å². The first kappa shape index (κ1) is 19.8. The third-order valence-electron chi connectivity index (χ3n) is 4.91. The Morgan fingerprint density at radius 3 is 2.68 bits per heavy atom. The van der Waals surface area contributed by atoms with Crippen LogP contribution in [0.3, 0.4) is 0 Å². The molecule has 1 aliphatic rings. The van der Waals surface area contributed by atoms with Crippen LogP contribution < -0.4 is 5.32 Å². The standard InChI is InChI=1S/C19H18Cl3N3O2S/c1-2-28(26,27)10-11-8-14(13-5-4-12(20)9-15(13)21)16(22)17-18(11)25-7-3-6-23-19(25)24-17/h4-5,8-9H,2-3,6-7,10H2,1H3,(H,23,24). The lowest BCUT2D eigenvalue weighted by Gasteiger charge is -2.18. The Hall–Kier alpha value is -1.47. The van der Waals surface area contributed by atoms with Gasteiger partial charge in [-0.3, -0.25) is 0 Å². The molecule has 0 amide bonds. The zero-order valence-corrected chi connectivity index (χ0v) is 18.2. The number of anilines is 1. The van der Waals surface area contributed by atoms with Crippen molar-refractivity contribution in [2.24, 2.45) is 0 Å². The molecule has 0 unspecified atom stereocenters. The van der Waals surface area contributed by atoms with Gasteiger partial charge in [0.2, 0.25) is 5.95 Å². The van der Waals surface area contributed by atoms with Gasteiger partial charge in [-0.05, 0) is 30.2 Å². The number of fused-ring (bicyclic) bond motifs is 3. The minimum absolute atomic E-state index is 0.0629. The van der Waals surface area contributed by atoms with E-state index in [4.69, 9.17) is 34.8 Å². The van der Waals surface area contributed by atoms with Crippen molar-refractivity contribution in [2.45, 2.75) is 25.6 Å². The van der Waals surface area contributed by atoms with E-state index in [-0.39, 0.29) is 11.5 Å². The maximum Gasteiger partial charge on any atom is 0.203 e. The Morgan fingerprint density at radius 1 is 1.18 bits per heavy atom. The number of rotatable bonds is 4. The smallest absolute Gasteiger partial charge is 0.203 e. The van der Waals surface area contributed by atoms with Crippen molar-refractivity contribution in [3.05, 3.63) is 44.9 Å². The number of hydrogen-bond donors (Lipinski definition) is 1. The predicted octanol–water partition coefficient (Wildman–Crippen LogP) is 5.41. The second-order valence-electron chi connectivity index (χ2n) is 6.76. The predicted molar refractivity (Wildman–Crippen MR) is 116 cm³/mol. The molecule has 0 atom stereocenters. The highest BCUT2D eigenvalue weighted by Crippen LogP contribution is 2.41. The lowest BCUT2D eigenvalue weighted by molar-refractivity contribution is 0.596. The fourth-order valence-corrected chi connectivity index (χ4v) is 5.20. The molecule has 1 aromatic heterocycles. The van der Waals surface area contributed by atoms with Crippen LogP contribution in [0.1, 0.15) is 18.9 Å². The van der Waals surface area contributed by atoms with Crippen LogP contribution in [0.4, 0.5) is 5.95 Å². The molecule has 3 aromatic rings. The third-order valence-corrected chi connectivity index (χ3v) is 7.47. The van der Waals surface area contributed by atoms with Crippen LogP contribution in [0.5, 0.6) is 0 Å². The first-order valence-electron chi connectivity index (χ1n) is 8.92. The van der Waals surface area contributed by atoms with E-state index in [0.717, 1.165) is 25.0 Å². The molecule has 0 fully saturated rings. The highest BCUT2D eigenvalue weighted by Gasteiger charge is 2.24. The zero-order chi connectivity index (χ0) is 20.1. The first-order valence-corrected chi connectivity index (χ1v) is 11.9. The molecule has 148 valence electrons. The number of nitrogens with one attached hydrogen (secondary N) is 1. The van der Waals surface area contributed by atoms with Crippen LogP contribution in [-0.2, 0) is 22.1 Å². The Kier molecular flexibility index (Phi) is 5.25. The second kappa shape index (κ2) is 7.41. The highest BCUT2D eigenvalue weighted by molar-refractivity contribution is 7.90. The van der Waals surface area contributed by atoms with Crippen LogP contribution in [-0.4, -0.2) is 30.3 Å². The minimum atomic E-state index is -3.26. The molecule has 0 saturated carbocycles. The summed E-state index contributed by atoms with van der Waals surface area (Å²) < 4.78 is 26.9. The van der Waals surface area contributed by atoms with E-state index in [2.05, 4.69) is 10.3 Å². The molecule has 0 saturated heterocycles. The summed E-state index contributed by atoms with van der Waals surface area (Å²) in [5.74, 6) is 0.686. The van der Waals surface area contributed by atoms with Crippen molar-refractivity contribution in [3.8, 4) is 11.1 Å². The van der Waals surface area contributed by atoms with Gasteiger partial charge in [0.15, 0.2) is 9.84 Å². The summed E-state index contributed by atoms with van der Waals surface area (Å²) >= 11 is 19.2. The van der Waals surface area contributed by atoms with Gasteiger partial charge >= 0.3 is 0 Å². The second-order valence-corrected chi connectivity index (χ2v) is 10.3. The molecule has 1 N–H and O–H groups in total. The van der Waals surface area contributed by atoms with Gasteiger partial charge < -0.3 is 9.88 Å². The van der Waals surface area contributed by atoms with Crippen LogP contribution in [0.2, 0.25) is 15.1 Å². The van der Waals surface area contributed by atoms with Gasteiger partial charge in [0, 0.05) is 40.0 Å². The third kappa shape index (κ3) is 3.47. The number of halogens is 3. The maximum absolute atomic E-state index is 12.4. The minimum Gasteiger partial charge on any atom is -0.356 e. The van der Waals surface area contributed by atoms with Gasteiger partial charge in [0.1, 0.15) is 5.52 Å². The van der Waals surface area contributed by atoms with Crippen molar-refractivity contribution < 1.29 is 8.42 Å². The normalized spacial score (nSPS) is 14.1. The van der Waals surface area contributed by atoms with E-state index >= 15 is 0 Å². The van der Waals surface area contributed by atoms with E-state index in [1.165, 1.54) is 0 Å². The van der Waals surface area contributed by atoms with Gasteiger partial charge in [-0.15, -0.1) is 0 Å². The van der Waals surface area contributed by atoms with Crippen LogP contribution in [0.15, 0.2) is 24.3 Å². The number of benzene rings is 2. The summed E-state index contributed by atoms with van der Waals surface area (Å²) in [6.45, 7) is 3.22. The van der Waals surface area contributed by atoms with Gasteiger partial charge in [0.05, 0.1) is 16.3 Å². The lowest BCUT2D eigenvalue weighted by Crippen LogP contribution is -2.17. The first-order chi connectivity index (χ1) is 13.3. The molecule has 4 rings (SSSR count). The van der Waals surface area contributed by atoms with Gasteiger partial charge in [-0.2, -0.15) is 0 Å². The molecule has 0 radical (unpaired) electrons. The summed E-state index contributed by atoms with van der Waals surface area (Å²) in [6.07, 6.45) is 0.931. The summed E-state index contributed by atoms with van der Waals surface area (Å²) in [6, 6.07) is 6.97. The molecule has 2 heterocycles. The number of nitrogens with zero attached hydrogens (tertiary/aromatic N) is 2. The summed E-state index contributed by atoms with van der Waals surface area (Å²) in [4.78, 5) is 4.66. The summed E-state index contributed by atoms with van der Waals surface area (Å²) in [5, 5.41) is 4.67. The molecule has 5 nitrogen and oxygen atoms in total. The molecular weight excluding hydrogens is 441 g/mol. The monoisotopic (exact) mass is 457 g/mol. The summed E-state index contributed by atoms with van der Waals surface area (Å²) in [5.41, 5.74) is 3.35. The quantitative estimate of drug-likeness (QED) is 0.567. The van der Waals surface area contributed by atoms with E-state index in [0.29, 0.717) is 43.2 Å². The fourth-order valence-electron chi connectivity index (χ4n) is 3.51. The Bertz CT molecular complexity index is 1190. The molecule has 0 aliphatic carbocycles. The molecule has 1 aliphatic heterocycles. The topological polar surface area (TPSA) is 64.0 Å². The molecule has 2 aromatic carbocycles. The van der Waals surface area contributed by atoms with Crippen molar-refractivity contribution in [1.29, 1.82) is 0 Å². The van der Waals surface area contributed by atoms with Gasteiger partial charge in [-0.1, -0.05) is 47.8 Å². The average Bonchev–Trinajstić information content (AvgIpc) is 3.05. The van der Waals surface area contributed by atoms with Gasteiger partial charge in [0.25, 0.3) is 0 Å². The van der Waals surface area contributed by atoms with Crippen molar-refractivity contribution >= 4 is 61.6 Å². The number of hydrogen-bond acceptors (Lipinski definition) is 4. The van der Waals surface area contributed by atoms with Crippen molar-refractivity contribution in [2.75, 3.05) is 17.6 Å². The molecule has 0 spiro atoms. The van der Waals surface area contributed by atoms with Gasteiger partial charge in [-0.25, -0.2) is 13.4 Å². The maximum atomic E-state index is 12.4. The highest BCUT2D eigenvalue weighted by atomic mass is 35.5. The average molecular weight is 459 g/mol. The van der Waals surface area contributed by atoms with Crippen LogP contribution >= 0.6 is 34.8 Å². The van der Waals surface area contributed by atoms with Crippen LogP contribution in [0, 0.1) is 0 Å². The van der Waals surface area contributed by atoms with E-state index < -0.39 is 9.84 Å². The lowest BCUT2D eigenvalue weighted by atomic mass is 10.0. The molecule has 9 heteroatoms.